The molecule has 10 heteroatoms. The van der Waals surface area contributed by atoms with Crippen LogP contribution in [-0.4, -0.2) is 54.9 Å². The van der Waals surface area contributed by atoms with Gasteiger partial charge >= 0.3 is 11.9 Å². The monoisotopic (exact) mass is 392 g/mol. The number of hydrogen-bond donors (Lipinski definition) is 2. The second kappa shape index (κ2) is 8.85. The van der Waals surface area contributed by atoms with E-state index in [0.717, 1.165) is 0 Å². The van der Waals surface area contributed by atoms with Crippen molar-refractivity contribution in [3.63, 3.8) is 0 Å². The van der Waals surface area contributed by atoms with Gasteiger partial charge in [0.15, 0.2) is 5.92 Å². The molecule has 5 unspecified atom stereocenters. The van der Waals surface area contributed by atoms with Crippen molar-refractivity contribution in [1.82, 2.24) is 0 Å². The van der Waals surface area contributed by atoms with E-state index < -0.39 is 44.7 Å². The van der Waals surface area contributed by atoms with Crippen LogP contribution in [0.3, 0.4) is 0 Å². The van der Waals surface area contributed by atoms with Crippen molar-refractivity contribution in [1.29, 1.82) is 0 Å². The Labute approximate surface area is 139 Å². The number of carbonyl (C=O) groups is 2. The highest BCUT2D eigenvalue weighted by Gasteiger charge is 2.43. The van der Waals surface area contributed by atoms with Gasteiger partial charge in [0.25, 0.3) is 0 Å². The standard InChI is InChI=1S/C9H10Cl6O4/c10-1-2(11)4(12)6(14)7(15)5(13)3(8(16)17)9(18)19/h2-7H,1H2,(H,16,17)(H,18,19). The summed E-state index contributed by atoms with van der Waals surface area (Å²) in [6.07, 6.45) is 0. The first-order valence-corrected chi connectivity index (χ1v) is 7.58. The quantitative estimate of drug-likeness (QED) is 0.490. The molecule has 0 aromatic rings. The molecule has 0 aromatic heterocycles. The van der Waals surface area contributed by atoms with Crippen molar-refractivity contribution in [3.8, 4) is 0 Å². The minimum absolute atomic E-state index is 0.00318. The zero-order valence-corrected chi connectivity index (χ0v) is 13.7. The summed E-state index contributed by atoms with van der Waals surface area (Å²) >= 11 is 34.8. The van der Waals surface area contributed by atoms with E-state index in [1.165, 1.54) is 0 Å². The molecule has 0 radical (unpaired) electrons. The molecule has 0 saturated heterocycles. The zero-order chi connectivity index (χ0) is 15.3. The fraction of sp³-hybridized carbons (Fsp3) is 0.778. The number of hydrogen-bond acceptors (Lipinski definition) is 2. The van der Waals surface area contributed by atoms with Gasteiger partial charge in [-0.05, 0) is 0 Å². The topological polar surface area (TPSA) is 74.6 Å². The number of rotatable bonds is 8. The van der Waals surface area contributed by atoms with Gasteiger partial charge < -0.3 is 10.2 Å². The summed E-state index contributed by atoms with van der Waals surface area (Å²) in [5, 5.41) is 12.2. The Morgan fingerprint density at radius 1 is 0.789 bits per heavy atom. The van der Waals surface area contributed by atoms with Crippen LogP contribution in [0.25, 0.3) is 0 Å². The molecular formula is C9H10Cl6O4. The molecule has 0 aliphatic rings. The number of aliphatic carboxylic acids is 2. The lowest BCUT2D eigenvalue weighted by atomic mass is 9.99. The fourth-order valence-electron chi connectivity index (χ4n) is 1.20. The average Bonchev–Trinajstić information content (AvgIpc) is 2.33. The normalized spacial score (nSPS) is 19.5. The lowest BCUT2D eigenvalue weighted by Crippen LogP contribution is -2.44. The third-order valence-electron chi connectivity index (χ3n) is 2.26. The first-order valence-electron chi connectivity index (χ1n) is 4.87. The first-order chi connectivity index (χ1) is 8.64. The molecule has 112 valence electrons. The minimum atomic E-state index is -1.90. The maximum atomic E-state index is 10.8. The van der Waals surface area contributed by atoms with Crippen molar-refractivity contribution in [2.24, 2.45) is 5.92 Å². The van der Waals surface area contributed by atoms with E-state index in [1.54, 1.807) is 0 Å². The third-order valence-corrected chi connectivity index (χ3v) is 5.87. The summed E-state index contributed by atoms with van der Waals surface area (Å²) in [5.74, 6) is -5.14. The maximum Gasteiger partial charge on any atom is 0.319 e. The van der Waals surface area contributed by atoms with Gasteiger partial charge in [-0.3, -0.25) is 9.59 Å². The summed E-state index contributed by atoms with van der Waals surface area (Å²) in [6, 6.07) is 0. The van der Waals surface area contributed by atoms with Crippen LogP contribution in [0.1, 0.15) is 0 Å². The molecule has 0 aliphatic carbocycles. The summed E-state index contributed by atoms with van der Waals surface area (Å²) in [7, 11) is 0. The molecule has 4 nitrogen and oxygen atoms in total. The Morgan fingerprint density at radius 3 is 1.47 bits per heavy atom. The largest absolute Gasteiger partial charge is 0.481 e. The van der Waals surface area contributed by atoms with E-state index in [0.29, 0.717) is 0 Å². The third kappa shape index (κ3) is 5.52. The van der Waals surface area contributed by atoms with Crippen molar-refractivity contribution in [2.75, 3.05) is 5.88 Å². The van der Waals surface area contributed by atoms with Gasteiger partial charge in [-0.2, -0.15) is 0 Å². The van der Waals surface area contributed by atoms with Crippen molar-refractivity contribution in [2.45, 2.75) is 26.9 Å². The van der Waals surface area contributed by atoms with Crippen LogP contribution in [0, 0.1) is 5.92 Å². The van der Waals surface area contributed by atoms with Crippen LogP contribution in [0.5, 0.6) is 0 Å². The Bertz CT molecular complexity index is 314. The van der Waals surface area contributed by atoms with Crippen LogP contribution in [0.2, 0.25) is 0 Å². The number of alkyl halides is 6. The molecule has 0 aromatic carbocycles. The molecule has 0 spiro atoms. The van der Waals surface area contributed by atoms with Gasteiger partial charge in [-0.15, -0.1) is 69.6 Å². The molecule has 0 bridgehead atoms. The minimum Gasteiger partial charge on any atom is -0.481 e. The second-order valence-electron chi connectivity index (χ2n) is 3.60. The van der Waals surface area contributed by atoms with Gasteiger partial charge in [-0.25, -0.2) is 0 Å². The molecule has 0 heterocycles. The lowest BCUT2D eigenvalue weighted by molar-refractivity contribution is -0.154. The van der Waals surface area contributed by atoms with E-state index in [1.807, 2.05) is 0 Å². The summed E-state index contributed by atoms with van der Waals surface area (Å²) in [5.41, 5.74) is 0. The molecular weight excluding hydrogens is 385 g/mol. The molecule has 0 rings (SSSR count). The van der Waals surface area contributed by atoms with Gasteiger partial charge in [0.1, 0.15) is 0 Å². The van der Waals surface area contributed by atoms with E-state index in [-0.39, 0.29) is 5.88 Å². The maximum absolute atomic E-state index is 10.8. The van der Waals surface area contributed by atoms with Crippen LogP contribution < -0.4 is 0 Å². The molecule has 0 amide bonds. The van der Waals surface area contributed by atoms with Crippen LogP contribution in [0.4, 0.5) is 0 Å². The summed E-state index contributed by atoms with van der Waals surface area (Å²) < 4.78 is 0. The fourth-order valence-corrected chi connectivity index (χ4v) is 3.11. The number of carboxylic acids is 2. The van der Waals surface area contributed by atoms with E-state index in [4.69, 9.17) is 79.8 Å². The van der Waals surface area contributed by atoms with Gasteiger partial charge in [0.2, 0.25) is 0 Å². The summed E-state index contributed by atoms with van der Waals surface area (Å²) in [6.45, 7) is 0. The smallest absolute Gasteiger partial charge is 0.319 e. The summed E-state index contributed by atoms with van der Waals surface area (Å²) in [4.78, 5) is 21.6. The van der Waals surface area contributed by atoms with Crippen molar-refractivity contribution < 1.29 is 19.8 Å². The Kier molecular flexibility index (Phi) is 9.17. The van der Waals surface area contributed by atoms with Crippen molar-refractivity contribution >= 4 is 81.5 Å². The number of halogens is 6. The highest BCUT2D eigenvalue weighted by Crippen LogP contribution is 2.31. The lowest BCUT2D eigenvalue weighted by Gasteiger charge is -2.27. The van der Waals surface area contributed by atoms with Crippen LogP contribution in [-0.2, 0) is 9.59 Å². The van der Waals surface area contributed by atoms with E-state index in [9.17, 15) is 9.59 Å². The zero-order valence-electron chi connectivity index (χ0n) is 9.15. The predicted octanol–water partition coefficient (Wildman–Crippen LogP) is 3.05. The van der Waals surface area contributed by atoms with Gasteiger partial charge in [0, 0.05) is 5.88 Å². The van der Waals surface area contributed by atoms with E-state index >= 15 is 0 Å². The molecule has 19 heavy (non-hydrogen) atoms. The SMILES string of the molecule is O=C(O)C(C(=O)O)C(Cl)C(Cl)C(Cl)C(Cl)C(Cl)CCl. The highest BCUT2D eigenvalue weighted by atomic mass is 35.5. The number of carboxylic acid groups (broad SMARTS) is 2. The molecule has 0 saturated carbocycles. The van der Waals surface area contributed by atoms with Crippen LogP contribution in [0.15, 0.2) is 0 Å². The first kappa shape index (κ1) is 19.7. The Hall–Kier alpha value is 0.680. The van der Waals surface area contributed by atoms with Gasteiger partial charge in [0.05, 0.1) is 26.9 Å². The van der Waals surface area contributed by atoms with Crippen molar-refractivity contribution in [3.05, 3.63) is 0 Å². The molecule has 0 aliphatic heterocycles. The Balaban J connectivity index is 4.92. The Morgan fingerprint density at radius 2 is 1.16 bits per heavy atom. The second-order valence-corrected chi connectivity index (χ2v) is 6.49. The van der Waals surface area contributed by atoms with Gasteiger partial charge in [-0.1, -0.05) is 0 Å². The van der Waals surface area contributed by atoms with Crippen LogP contribution >= 0.6 is 69.6 Å². The predicted molar refractivity (Wildman–Crippen MR) is 77.7 cm³/mol. The average molecular weight is 395 g/mol. The van der Waals surface area contributed by atoms with E-state index in [2.05, 4.69) is 0 Å². The molecule has 0 fully saturated rings. The molecule has 2 N–H and O–H groups in total. The highest BCUT2D eigenvalue weighted by molar-refractivity contribution is 6.41. The molecule has 5 atom stereocenters.